The Morgan fingerprint density at radius 2 is 1.49 bits per heavy atom. The summed E-state index contributed by atoms with van der Waals surface area (Å²) in [6, 6.07) is 13.4. The van der Waals surface area contributed by atoms with Crippen molar-refractivity contribution in [3.63, 3.8) is 0 Å². The number of aromatic nitrogens is 2. The van der Waals surface area contributed by atoms with Gasteiger partial charge >= 0.3 is 0 Å². The van der Waals surface area contributed by atoms with Gasteiger partial charge in [0, 0.05) is 36.3 Å². The zero-order chi connectivity index (χ0) is 27.5. The third-order valence-electron chi connectivity index (χ3n) is 7.03. The number of anilines is 2. The molecule has 39 heavy (non-hydrogen) atoms. The van der Waals surface area contributed by atoms with E-state index in [1.54, 1.807) is 4.90 Å². The Bertz CT molecular complexity index is 1700. The average Bonchev–Trinajstić information content (AvgIpc) is 2.91. The Morgan fingerprint density at radius 1 is 0.821 bits per heavy atom. The van der Waals surface area contributed by atoms with Gasteiger partial charge in [-0.05, 0) is 17.9 Å². The van der Waals surface area contributed by atoms with E-state index in [1.165, 1.54) is 6.33 Å². The number of hydrogen-bond acceptors (Lipinski definition) is 6. The van der Waals surface area contributed by atoms with E-state index in [0.717, 1.165) is 27.7 Å². The van der Waals surface area contributed by atoms with Crippen molar-refractivity contribution < 1.29 is 30.4 Å². The van der Waals surface area contributed by atoms with Crippen molar-refractivity contribution in [3.05, 3.63) is 89.1 Å². The highest BCUT2D eigenvalue weighted by molar-refractivity contribution is 7.89. The Morgan fingerprint density at radius 3 is 2.23 bits per heavy atom. The van der Waals surface area contributed by atoms with Crippen LogP contribution in [0, 0.1) is 29.1 Å². The smallest absolute Gasteiger partial charge is 0.247 e. The number of benzene rings is 3. The predicted molar refractivity (Wildman–Crippen MR) is 133 cm³/mol. The highest BCUT2D eigenvalue weighted by atomic mass is 32.2. The molecule has 3 heterocycles. The van der Waals surface area contributed by atoms with Gasteiger partial charge in [-0.15, -0.1) is 0 Å². The standard InChI is InChI=1S/C26H20F5N5O2S/c27-20-21(28)23(30)25(24(31)22(20)29)39(37,38)34-15-10-36(11-15)26-17-8-9-35(12-18(17)32-13-33-26)19-7-3-5-14-4-1-2-6-16(14)19/h1-7,13,15,34H,8-12H2. The van der Waals surface area contributed by atoms with Crippen LogP contribution in [-0.4, -0.2) is 44.1 Å². The van der Waals surface area contributed by atoms with Crippen LogP contribution >= 0.6 is 0 Å². The highest BCUT2D eigenvalue weighted by Crippen LogP contribution is 2.34. The van der Waals surface area contributed by atoms with Gasteiger partial charge < -0.3 is 9.80 Å². The quantitative estimate of drug-likeness (QED) is 0.225. The molecule has 0 radical (unpaired) electrons. The van der Waals surface area contributed by atoms with E-state index in [2.05, 4.69) is 39.1 Å². The first kappa shape index (κ1) is 25.4. The monoisotopic (exact) mass is 561 g/mol. The maximum atomic E-state index is 14.1. The van der Waals surface area contributed by atoms with Crippen molar-refractivity contribution in [2.24, 2.45) is 0 Å². The maximum absolute atomic E-state index is 14.1. The normalized spacial score (nSPS) is 15.9. The molecule has 3 aromatic carbocycles. The summed E-state index contributed by atoms with van der Waals surface area (Å²) in [4.78, 5) is 10.9. The van der Waals surface area contributed by atoms with Crippen molar-refractivity contribution in [2.45, 2.75) is 23.9 Å². The molecule has 0 aliphatic carbocycles. The van der Waals surface area contributed by atoms with Gasteiger partial charge in [0.05, 0.1) is 18.3 Å². The molecule has 0 amide bonds. The minimum atomic E-state index is -5.04. The van der Waals surface area contributed by atoms with E-state index in [-0.39, 0.29) is 13.1 Å². The van der Waals surface area contributed by atoms with Crippen LogP contribution < -0.4 is 14.5 Å². The van der Waals surface area contributed by atoms with Gasteiger partial charge in [-0.2, -0.15) is 0 Å². The molecule has 1 fully saturated rings. The number of halogens is 5. The minimum Gasteiger partial charge on any atom is -0.365 e. The zero-order valence-corrected chi connectivity index (χ0v) is 21.0. The molecule has 0 spiro atoms. The Hall–Kier alpha value is -3.84. The molecule has 202 valence electrons. The van der Waals surface area contributed by atoms with Crippen molar-refractivity contribution in [2.75, 3.05) is 29.4 Å². The summed E-state index contributed by atoms with van der Waals surface area (Å²) in [6.45, 7) is 1.42. The van der Waals surface area contributed by atoms with E-state index >= 15 is 0 Å². The number of nitrogens with zero attached hydrogens (tertiary/aromatic N) is 4. The summed E-state index contributed by atoms with van der Waals surface area (Å²) < 4.78 is 95.7. The van der Waals surface area contributed by atoms with Crippen molar-refractivity contribution in [1.82, 2.24) is 14.7 Å². The van der Waals surface area contributed by atoms with Gasteiger partial charge in [0.1, 0.15) is 12.1 Å². The van der Waals surface area contributed by atoms with Crippen LogP contribution in [0.3, 0.4) is 0 Å². The van der Waals surface area contributed by atoms with Gasteiger partial charge in [-0.3, -0.25) is 0 Å². The second kappa shape index (κ2) is 9.42. The lowest BCUT2D eigenvalue weighted by Crippen LogP contribution is -2.60. The summed E-state index contributed by atoms with van der Waals surface area (Å²) >= 11 is 0. The SMILES string of the molecule is O=S(=O)(NC1CN(c2ncnc3c2CCN(c2cccc4ccccc24)C3)C1)c1c(F)c(F)c(F)c(F)c1F. The largest absolute Gasteiger partial charge is 0.365 e. The summed E-state index contributed by atoms with van der Waals surface area (Å²) in [5.74, 6) is -11.3. The molecule has 2 aliphatic heterocycles. The molecular formula is C26H20F5N5O2S. The van der Waals surface area contributed by atoms with Crippen molar-refractivity contribution >= 4 is 32.3 Å². The third kappa shape index (κ3) is 4.25. The fourth-order valence-electron chi connectivity index (χ4n) is 5.12. The lowest BCUT2D eigenvalue weighted by molar-refractivity contribution is 0.356. The zero-order valence-electron chi connectivity index (χ0n) is 20.1. The lowest BCUT2D eigenvalue weighted by atomic mass is 10.0. The van der Waals surface area contributed by atoms with Crippen LogP contribution in [0.5, 0.6) is 0 Å². The van der Waals surface area contributed by atoms with Crippen LogP contribution in [0.15, 0.2) is 53.7 Å². The Kier molecular flexibility index (Phi) is 6.14. The van der Waals surface area contributed by atoms with E-state index in [9.17, 15) is 30.4 Å². The molecule has 1 aromatic heterocycles. The van der Waals surface area contributed by atoms with Gasteiger partial charge in [0.15, 0.2) is 28.2 Å². The summed E-state index contributed by atoms with van der Waals surface area (Å²) in [7, 11) is -5.04. The predicted octanol–water partition coefficient (Wildman–Crippen LogP) is 4.06. The van der Waals surface area contributed by atoms with E-state index < -0.39 is 50.0 Å². The van der Waals surface area contributed by atoms with Crippen molar-refractivity contribution in [1.29, 1.82) is 0 Å². The average molecular weight is 562 g/mol. The first-order valence-corrected chi connectivity index (χ1v) is 13.5. The second-order valence-corrected chi connectivity index (χ2v) is 11.1. The van der Waals surface area contributed by atoms with Crippen LogP contribution in [0.1, 0.15) is 11.3 Å². The first-order valence-electron chi connectivity index (χ1n) is 12.0. The van der Waals surface area contributed by atoms with Crippen molar-refractivity contribution in [3.8, 4) is 0 Å². The summed E-state index contributed by atoms with van der Waals surface area (Å²) in [5.41, 5.74) is 2.82. The van der Waals surface area contributed by atoms with Gasteiger partial charge in [0.25, 0.3) is 0 Å². The van der Waals surface area contributed by atoms with E-state index in [0.29, 0.717) is 25.3 Å². The summed E-state index contributed by atoms with van der Waals surface area (Å²) in [5, 5.41) is 2.26. The van der Waals surface area contributed by atoms with Gasteiger partial charge in [0.2, 0.25) is 15.8 Å². The molecule has 0 saturated carbocycles. The molecule has 7 nitrogen and oxygen atoms in total. The molecule has 0 atom stereocenters. The number of sulfonamides is 1. The summed E-state index contributed by atoms with van der Waals surface area (Å²) in [6.07, 6.45) is 2.05. The molecule has 1 N–H and O–H groups in total. The van der Waals surface area contributed by atoms with Crippen LogP contribution in [-0.2, 0) is 23.0 Å². The fourth-order valence-corrected chi connectivity index (χ4v) is 6.48. The minimum absolute atomic E-state index is 0.0884. The lowest BCUT2D eigenvalue weighted by Gasteiger charge is -2.42. The number of nitrogens with one attached hydrogen (secondary N) is 1. The number of fused-ring (bicyclic) bond motifs is 2. The molecule has 2 aliphatic rings. The number of rotatable bonds is 5. The van der Waals surface area contributed by atoms with Crippen LogP contribution in [0.4, 0.5) is 33.5 Å². The van der Waals surface area contributed by atoms with E-state index in [4.69, 9.17) is 0 Å². The van der Waals surface area contributed by atoms with Crippen LogP contribution in [0.2, 0.25) is 0 Å². The van der Waals surface area contributed by atoms with Gasteiger partial charge in [-0.1, -0.05) is 36.4 Å². The number of hydrogen-bond donors (Lipinski definition) is 1. The fraction of sp³-hybridized carbons (Fsp3) is 0.231. The first-order chi connectivity index (χ1) is 18.7. The highest BCUT2D eigenvalue weighted by Gasteiger charge is 2.39. The Balaban J connectivity index is 1.19. The maximum Gasteiger partial charge on any atom is 0.247 e. The Labute approximate surface area is 220 Å². The molecule has 13 heteroatoms. The molecule has 0 bridgehead atoms. The van der Waals surface area contributed by atoms with E-state index in [1.807, 2.05) is 22.9 Å². The van der Waals surface area contributed by atoms with Crippen LogP contribution in [0.25, 0.3) is 10.8 Å². The molecular weight excluding hydrogens is 541 g/mol. The molecule has 0 unspecified atom stereocenters. The topological polar surface area (TPSA) is 78.4 Å². The molecule has 1 saturated heterocycles. The second-order valence-electron chi connectivity index (χ2n) is 9.41. The molecule has 6 rings (SSSR count). The third-order valence-corrected chi connectivity index (χ3v) is 8.57. The molecule has 4 aromatic rings. The van der Waals surface area contributed by atoms with Gasteiger partial charge in [-0.25, -0.2) is 45.1 Å².